The first kappa shape index (κ1) is 70.5. The van der Waals surface area contributed by atoms with Gasteiger partial charge in [0.2, 0.25) is 0 Å². The molecule has 6 heteroatoms. The molecule has 0 rings (SSSR count). The normalized spacial score (nSPS) is 13.1. The van der Waals surface area contributed by atoms with Crippen molar-refractivity contribution in [2.45, 2.75) is 271 Å². The zero-order valence-electron chi connectivity index (χ0n) is 48.5. The molecule has 0 bridgehead atoms. The van der Waals surface area contributed by atoms with E-state index in [9.17, 15) is 14.4 Å². The van der Waals surface area contributed by atoms with Crippen LogP contribution in [0, 0.1) is 0 Å². The van der Waals surface area contributed by atoms with Gasteiger partial charge in [0.1, 0.15) is 13.2 Å². The van der Waals surface area contributed by atoms with Crippen LogP contribution in [0.5, 0.6) is 0 Å². The minimum Gasteiger partial charge on any atom is -0.462 e. The van der Waals surface area contributed by atoms with E-state index in [0.717, 1.165) is 161 Å². The Morgan fingerprint density at radius 3 is 0.813 bits per heavy atom. The lowest BCUT2D eigenvalue weighted by molar-refractivity contribution is -0.167. The molecule has 0 saturated heterocycles. The molecule has 1 unspecified atom stereocenters. The van der Waals surface area contributed by atoms with Crippen LogP contribution in [0.25, 0.3) is 0 Å². The standard InChI is InChI=1S/C69H112O6/c1-4-7-10-13-16-19-22-25-27-29-30-31-32-33-34-35-36-37-38-40-41-44-47-50-53-56-59-62-68(71)74-65-66(64-73-67(70)61-58-55-52-49-46-43-24-21-18-15-12-9-6-3)75-69(72)63-60-57-54-51-48-45-42-39-28-26-23-20-17-14-11-8-5-2/h7-8,10-12,15-17,19-21,24-28,30-31,33-34,42,45,66H,4-6,9,13-14,18,22-23,29,32,35-41,43-44,46-65H2,1-3H3/b10-7-,11-8-,15-12-,19-16-,20-17-,24-21-,27-25-,28-26-,31-30-,34-33-,45-42-. The van der Waals surface area contributed by atoms with Gasteiger partial charge in [-0.3, -0.25) is 14.4 Å². The van der Waals surface area contributed by atoms with Crippen LogP contribution in [-0.4, -0.2) is 37.2 Å². The molecule has 0 heterocycles. The quantitative estimate of drug-likeness (QED) is 0.0261. The summed E-state index contributed by atoms with van der Waals surface area (Å²) in [6.45, 7) is 6.31. The van der Waals surface area contributed by atoms with Crippen molar-refractivity contribution in [2.75, 3.05) is 13.2 Å². The molecule has 0 aromatic carbocycles. The van der Waals surface area contributed by atoms with Gasteiger partial charge < -0.3 is 14.2 Å². The summed E-state index contributed by atoms with van der Waals surface area (Å²) in [7, 11) is 0. The lowest BCUT2D eigenvalue weighted by Gasteiger charge is -2.18. The van der Waals surface area contributed by atoms with E-state index in [1.165, 1.54) is 64.2 Å². The predicted octanol–water partition coefficient (Wildman–Crippen LogP) is 21.0. The highest BCUT2D eigenvalue weighted by molar-refractivity contribution is 5.71. The van der Waals surface area contributed by atoms with Crippen LogP contribution in [0.2, 0.25) is 0 Å². The number of esters is 3. The van der Waals surface area contributed by atoms with Gasteiger partial charge in [-0.25, -0.2) is 0 Å². The molecule has 75 heavy (non-hydrogen) atoms. The zero-order chi connectivity index (χ0) is 54.3. The SMILES string of the molecule is CC/C=C\C/C=C\C/C=C\C/C=C\C/C=C\CCCCCCCCCCCCCC(=O)OCC(COC(=O)CCCCCCC/C=C\C/C=C\CCC)OC(=O)CCCCCC/C=C\C/C=C\C/C=C\C/C=C\CC. The highest BCUT2D eigenvalue weighted by atomic mass is 16.6. The van der Waals surface area contributed by atoms with Gasteiger partial charge in [-0.15, -0.1) is 0 Å². The first-order valence-corrected chi connectivity index (χ1v) is 30.7. The fourth-order valence-corrected chi connectivity index (χ4v) is 8.09. The molecule has 0 aliphatic rings. The predicted molar refractivity (Wildman–Crippen MR) is 325 cm³/mol. The lowest BCUT2D eigenvalue weighted by atomic mass is 10.0. The smallest absolute Gasteiger partial charge is 0.306 e. The van der Waals surface area contributed by atoms with Crippen LogP contribution in [0.3, 0.4) is 0 Å². The second kappa shape index (κ2) is 62.1. The average Bonchev–Trinajstić information content (AvgIpc) is 3.41. The Bertz CT molecular complexity index is 1620. The van der Waals surface area contributed by atoms with E-state index in [1.807, 2.05) is 0 Å². The fraction of sp³-hybridized carbons (Fsp3) is 0.638. The Morgan fingerprint density at radius 1 is 0.280 bits per heavy atom. The van der Waals surface area contributed by atoms with Crippen molar-refractivity contribution in [3.05, 3.63) is 134 Å². The van der Waals surface area contributed by atoms with Gasteiger partial charge in [0.25, 0.3) is 0 Å². The van der Waals surface area contributed by atoms with E-state index in [4.69, 9.17) is 14.2 Å². The van der Waals surface area contributed by atoms with Crippen molar-refractivity contribution >= 4 is 17.9 Å². The molecule has 0 aliphatic heterocycles. The first-order valence-electron chi connectivity index (χ1n) is 30.7. The Labute approximate surface area is 462 Å². The maximum atomic E-state index is 12.9. The van der Waals surface area contributed by atoms with Crippen LogP contribution in [0.1, 0.15) is 265 Å². The van der Waals surface area contributed by atoms with Crippen molar-refractivity contribution in [3.8, 4) is 0 Å². The molecule has 0 N–H and O–H groups in total. The van der Waals surface area contributed by atoms with E-state index in [-0.39, 0.29) is 31.1 Å². The topological polar surface area (TPSA) is 78.9 Å². The van der Waals surface area contributed by atoms with Crippen molar-refractivity contribution in [2.24, 2.45) is 0 Å². The van der Waals surface area contributed by atoms with E-state index >= 15 is 0 Å². The molecular weight excluding hydrogens is 925 g/mol. The number of ether oxygens (including phenoxy) is 3. The first-order chi connectivity index (χ1) is 37.0. The average molecular weight is 1040 g/mol. The van der Waals surface area contributed by atoms with Crippen molar-refractivity contribution in [1.82, 2.24) is 0 Å². The fourth-order valence-electron chi connectivity index (χ4n) is 8.09. The maximum Gasteiger partial charge on any atom is 0.306 e. The third-order valence-corrected chi connectivity index (χ3v) is 12.6. The molecule has 424 valence electrons. The monoisotopic (exact) mass is 1040 g/mol. The molecule has 0 amide bonds. The number of rotatable bonds is 54. The van der Waals surface area contributed by atoms with Crippen LogP contribution in [-0.2, 0) is 28.6 Å². The summed E-state index contributed by atoms with van der Waals surface area (Å²) < 4.78 is 16.9. The van der Waals surface area contributed by atoms with Crippen LogP contribution in [0.4, 0.5) is 0 Å². The molecule has 0 spiro atoms. The molecule has 1 atom stereocenters. The summed E-state index contributed by atoms with van der Waals surface area (Å²) in [5, 5.41) is 0. The van der Waals surface area contributed by atoms with Crippen LogP contribution >= 0.6 is 0 Å². The minimum atomic E-state index is -0.803. The van der Waals surface area contributed by atoms with Gasteiger partial charge in [0.15, 0.2) is 6.10 Å². The minimum absolute atomic E-state index is 0.0976. The van der Waals surface area contributed by atoms with Crippen molar-refractivity contribution in [3.63, 3.8) is 0 Å². The number of carbonyl (C=O) groups is 3. The van der Waals surface area contributed by atoms with Gasteiger partial charge in [-0.05, 0) is 128 Å². The van der Waals surface area contributed by atoms with Gasteiger partial charge >= 0.3 is 17.9 Å². The van der Waals surface area contributed by atoms with E-state index in [2.05, 4.69) is 154 Å². The number of hydrogen-bond acceptors (Lipinski definition) is 6. The molecule has 0 aliphatic carbocycles. The van der Waals surface area contributed by atoms with Crippen LogP contribution < -0.4 is 0 Å². The molecule has 6 nitrogen and oxygen atoms in total. The largest absolute Gasteiger partial charge is 0.462 e. The number of allylic oxidation sites excluding steroid dienone is 22. The summed E-state index contributed by atoms with van der Waals surface area (Å²) in [6.07, 6.45) is 87.4. The molecular formula is C69H112O6. The number of unbranched alkanes of at least 4 members (excludes halogenated alkanes) is 21. The van der Waals surface area contributed by atoms with Gasteiger partial charge in [0, 0.05) is 19.3 Å². The second-order valence-corrected chi connectivity index (χ2v) is 19.8. The van der Waals surface area contributed by atoms with Crippen LogP contribution in [0.15, 0.2) is 134 Å². The Morgan fingerprint density at radius 2 is 0.520 bits per heavy atom. The van der Waals surface area contributed by atoms with E-state index in [1.54, 1.807) is 0 Å². The summed E-state index contributed by atoms with van der Waals surface area (Å²) >= 11 is 0. The third kappa shape index (κ3) is 60.3. The summed E-state index contributed by atoms with van der Waals surface area (Å²) in [5.74, 6) is -0.940. The summed E-state index contributed by atoms with van der Waals surface area (Å²) in [4.78, 5) is 38.2. The molecule has 0 fully saturated rings. The highest BCUT2D eigenvalue weighted by Gasteiger charge is 2.19. The Hall–Kier alpha value is -4.45. The Balaban J connectivity index is 4.35. The molecule has 0 saturated carbocycles. The van der Waals surface area contributed by atoms with Crippen molar-refractivity contribution in [1.29, 1.82) is 0 Å². The van der Waals surface area contributed by atoms with Gasteiger partial charge in [-0.2, -0.15) is 0 Å². The number of carbonyl (C=O) groups excluding carboxylic acids is 3. The molecule has 0 radical (unpaired) electrons. The highest BCUT2D eigenvalue weighted by Crippen LogP contribution is 2.15. The maximum absolute atomic E-state index is 12.9. The summed E-state index contributed by atoms with van der Waals surface area (Å²) in [5.41, 5.74) is 0. The van der Waals surface area contributed by atoms with E-state index < -0.39 is 6.10 Å². The van der Waals surface area contributed by atoms with Gasteiger partial charge in [-0.1, -0.05) is 251 Å². The summed E-state index contributed by atoms with van der Waals surface area (Å²) in [6, 6.07) is 0. The zero-order valence-corrected chi connectivity index (χ0v) is 48.5. The second-order valence-electron chi connectivity index (χ2n) is 19.8. The third-order valence-electron chi connectivity index (χ3n) is 12.6. The molecule has 0 aromatic rings. The number of hydrogen-bond donors (Lipinski definition) is 0. The van der Waals surface area contributed by atoms with E-state index in [0.29, 0.717) is 19.3 Å². The van der Waals surface area contributed by atoms with Gasteiger partial charge in [0.05, 0.1) is 0 Å². The Kier molecular flexibility index (Phi) is 58.4. The van der Waals surface area contributed by atoms with Crippen molar-refractivity contribution < 1.29 is 28.6 Å². The lowest BCUT2D eigenvalue weighted by Crippen LogP contribution is -2.30. The molecule has 0 aromatic heterocycles.